The van der Waals surface area contributed by atoms with Gasteiger partial charge in [0.15, 0.2) is 0 Å². The first-order chi connectivity index (χ1) is 26.6. The predicted molar refractivity (Wildman–Crippen MR) is 221 cm³/mol. The van der Waals surface area contributed by atoms with E-state index >= 15 is 0 Å². The number of thioether (sulfide) groups is 1. The van der Waals surface area contributed by atoms with Crippen LogP contribution in [0.25, 0.3) is 0 Å². The zero-order valence-electron chi connectivity index (χ0n) is 34.5. The molecule has 13 nitrogen and oxygen atoms in total. The fourth-order valence-electron chi connectivity index (χ4n) is 5.64. The van der Waals surface area contributed by atoms with Gasteiger partial charge in [0.1, 0.15) is 12.7 Å². The van der Waals surface area contributed by atoms with Crippen LogP contribution in [0.4, 0.5) is 0 Å². The first-order valence-corrected chi connectivity index (χ1v) is 24.3. The van der Waals surface area contributed by atoms with E-state index in [1.807, 2.05) is 0 Å². The minimum atomic E-state index is -4.05. The van der Waals surface area contributed by atoms with Crippen molar-refractivity contribution in [3.05, 3.63) is 0 Å². The Morgan fingerprint density at radius 2 is 1.05 bits per heavy atom. The van der Waals surface area contributed by atoms with Gasteiger partial charge in [-0.3, -0.25) is 18.9 Å². The standard InChI is InChI=1S/C40H79N2O11PS/c1-3-5-7-9-11-13-14-16-18-20-22-24-39(44)53-36(33-52-38(43)23-21-19-17-15-12-10-8-6-4-2)34-55-35-37(41)40(45)42-25-26-49-27-28-50-29-30-51-31-32-54(46,47)48/h36-37H,3-35,41H2,1-2H3,(H,42,45)(H2,46,47,48)/t36-,37+/m1/s1. The summed E-state index contributed by atoms with van der Waals surface area (Å²) in [6, 6.07) is -0.777. The van der Waals surface area contributed by atoms with Gasteiger partial charge in [-0.25, -0.2) is 0 Å². The molecule has 0 aromatic rings. The summed E-state index contributed by atoms with van der Waals surface area (Å²) in [5.74, 6) is -0.244. The van der Waals surface area contributed by atoms with E-state index in [-0.39, 0.29) is 63.6 Å². The zero-order chi connectivity index (χ0) is 40.7. The summed E-state index contributed by atoms with van der Waals surface area (Å²) < 4.78 is 37.9. The van der Waals surface area contributed by atoms with Crippen LogP contribution in [0.3, 0.4) is 0 Å². The second-order valence-electron chi connectivity index (χ2n) is 14.3. The molecule has 0 aromatic heterocycles. The molecule has 0 aliphatic heterocycles. The summed E-state index contributed by atoms with van der Waals surface area (Å²) in [5.41, 5.74) is 6.11. The van der Waals surface area contributed by atoms with E-state index in [2.05, 4.69) is 19.2 Å². The number of carbonyl (C=O) groups excluding carboxylic acids is 3. The Labute approximate surface area is 337 Å². The molecule has 15 heteroatoms. The second kappa shape index (κ2) is 39.6. The van der Waals surface area contributed by atoms with Crippen molar-refractivity contribution >= 4 is 37.2 Å². The van der Waals surface area contributed by atoms with Gasteiger partial charge in [-0.15, -0.1) is 0 Å². The van der Waals surface area contributed by atoms with E-state index in [9.17, 15) is 18.9 Å². The van der Waals surface area contributed by atoms with Gasteiger partial charge < -0.3 is 44.5 Å². The van der Waals surface area contributed by atoms with Crippen molar-refractivity contribution < 1.29 is 52.4 Å². The van der Waals surface area contributed by atoms with Crippen LogP contribution in [0, 0.1) is 0 Å². The summed E-state index contributed by atoms with van der Waals surface area (Å²) in [4.78, 5) is 55.3. The Morgan fingerprint density at radius 1 is 0.618 bits per heavy atom. The quantitative estimate of drug-likeness (QED) is 0.0269. The van der Waals surface area contributed by atoms with Gasteiger partial charge in [0.05, 0.1) is 51.8 Å². The average molecular weight is 827 g/mol. The summed E-state index contributed by atoms with van der Waals surface area (Å²) in [6.45, 7) is 6.07. The van der Waals surface area contributed by atoms with Crippen molar-refractivity contribution in [2.75, 3.05) is 70.5 Å². The van der Waals surface area contributed by atoms with Gasteiger partial charge in [0.2, 0.25) is 5.91 Å². The van der Waals surface area contributed by atoms with Crippen LogP contribution in [0.1, 0.15) is 155 Å². The van der Waals surface area contributed by atoms with Gasteiger partial charge in [-0.2, -0.15) is 11.8 Å². The highest BCUT2D eigenvalue weighted by Gasteiger charge is 2.20. The number of hydrogen-bond donors (Lipinski definition) is 4. The smallest absolute Gasteiger partial charge is 0.327 e. The first kappa shape index (κ1) is 53.8. The number of carbonyl (C=O) groups is 3. The van der Waals surface area contributed by atoms with Crippen molar-refractivity contribution in [3.63, 3.8) is 0 Å². The maximum atomic E-state index is 12.7. The summed E-state index contributed by atoms with van der Waals surface area (Å²) in [7, 11) is -4.05. The van der Waals surface area contributed by atoms with Crippen molar-refractivity contribution in [3.8, 4) is 0 Å². The van der Waals surface area contributed by atoms with E-state index in [4.69, 9.17) is 39.2 Å². The van der Waals surface area contributed by atoms with Crippen LogP contribution < -0.4 is 11.1 Å². The minimum absolute atomic E-state index is 0.0145. The Bertz CT molecular complexity index is 960. The van der Waals surface area contributed by atoms with Crippen LogP contribution in [0.2, 0.25) is 0 Å². The third kappa shape index (κ3) is 40.7. The number of esters is 2. The van der Waals surface area contributed by atoms with E-state index < -0.39 is 19.7 Å². The lowest BCUT2D eigenvalue weighted by atomic mass is 10.1. The van der Waals surface area contributed by atoms with E-state index in [0.29, 0.717) is 37.6 Å². The Kier molecular flexibility index (Phi) is 38.7. The Balaban J connectivity index is 4.39. The van der Waals surface area contributed by atoms with Gasteiger partial charge in [-0.1, -0.05) is 129 Å². The third-order valence-electron chi connectivity index (χ3n) is 8.95. The van der Waals surface area contributed by atoms with Gasteiger partial charge in [-0.05, 0) is 12.8 Å². The Morgan fingerprint density at radius 3 is 1.55 bits per heavy atom. The lowest BCUT2D eigenvalue weighted by molar-refractivity contribution is -0.157. The lowest BCUT2D eigenvalue weighted by Gasteiger charge is -2.19. The fourth-order valence-corrected chi connectivity index (χ4v) is 6.97. The lowest BCUT2D eigenvalue weighted by Crippen LogP contribution is -2.43. The largest absolute Gasteiger partial charge is 0.462 e. The SMILES string of the molecule is CCCCCCCCCCCCCC(=O)O[C@H](COC(=O)CCCCCCCCCCC)CSC[C@H](N)C(=O)NCCOCCOCCOCCP(=O)(O)O. The molecular formula is C40H79N2O11PS. The minimum Gasteiger partial charge on any atom is -0.462 e. The number of nitrogens with one attached hydrogen (secondary N) is 1. The number of nitrogens with two attached hydrogens (primary N) is 1. The highest BCUT2D eigenvalue weighted by molar-refractivity contribution is 7.99. The molecule has 1 amide bonds. The molecule has 0 rings (SSSR count). The first-order valence-electron chi connectivity index (χ1n) is 21.3. The molecule has 0 saturated heterocycles. The predicted octanol–water partition coefficient (Wildman–Crippen LogP) is 7.47. The molecule has 326 valence electrons. The molecule has 0 unspecified atom stereocenters. The number of amides is 1. The highest BCUT2D eigenvalue weighted by atomic mass is 32.2. The number of unbranched alkanes of at least 4 members (excludes halogenated alkanes) is 18. The van der Waals surface area contributed by atoms with Gasteiger partial charge >= 0.3 is 19.5 Å². The van der Waals surface area contributed by atoms with E-state index in [1.54, 1.807) is 0 Å². The summed E-state index contributed by atoms with van der Waals surface area (Å²) >= 11 is 1.38. The molecule has 5 N–H and O–H groups in total. The topological polar surface area (TPSA) is 193 Å². The normalized spacial score (nSPS) is 12.7. The second-order valence-corrected chi connectivity index (χ2v) is 17.2. The van der Waals surface area contributed by atoms with E-state index in [0.717, 1.165) is 38.5 Å². The molecule has 55 heavy (non-hydrogen) atoms. The molecule has 2 atom stereocenters. The zero-order valence-corrected chi connectivity index (χ0v) is 36.2. The number of hydrogen-bond acceptors (Lipinski definition) is 11. The van der Waals surface area contributed by atoms with Crippen LogP contribution in [0.15, 0.2) is 0 Å². The van der Waals surface area contributed by atoms with Crippen LogP contribution in [-0.4, -0.2) is 110 Å². The van der Waals surface area contributed by atoms with E-state index in [1.165, 1.54) is 102 Å². The molecule has 0 saturated carbocycles. The van der Waals surface area contributed by atoms with Crippen LogP contribution in [0.5, 0.6) is 0 Å². The number of ether oxygens (including phenoxy) is 5. The molecule has 0 spiro atoms. The molecule has 0 aromatic carbocycles. The Hall–Kier alpha value is -1.25. The average Bonchev–Trinajstić information content (AvgIpc) is 3.15. The fraction of sp³-hybridized carbons (Fsp3) is 0.925. The van der Waals surface area contributed by atoms with Gasteiger partial charge in [0, 0.05) is 30.9 Å². The third-order valence-corrected chi connectivity index (χ3v) is 10.9. The molecular weight excluding hydrogens is 747 g/mol. The maximum absolute atomic E-state index is 12.7. The number of rotatable bonds is 42. The van der Waals surface area contributed by atoms with Crippen molar-refractivity contribution in [1.82, 2.24) is 5.32 Å². The van der Waals surface area contributed by atoms with Crippen molar-refractivity contribution in [2.45, 2.75) is 167 Å². The van der Waals surface area contributed by atoms with Crippen molar-refractivity contribution in [2.24, 2.45) is 5.73 Å². The monoisotopic (exact) mass is 827 g/mol. The van der Waals surface area contributed by atoms with Crippen LogP contribution >= 0.6 is 19.4 Å². The van der Waals surface area contributed by atoms with Gasteiger partial charge in [0.25, 0.3) is 0 Å². The summed E-state index contributed by atoms with van der Waals surface area (Å²) in [6.07, 6.45) is 23.4. The molecule has 0 radical (unpaired) electrons. The molecule has 0 fully saturated rings. The highest BCUT2D eigenvalue weighted by Crippen LogP contribution is 2.33. The maximum Gasteiger partial charge on any atom is 0.327 e. The molecule has 0 aliphatic carbocycles. The summed E-state index contributed by atoms with van der Waals surface area (Å²) in [5, 5.41) is 2.75. The van der Waals surface area contributed by atoms with Crippen LogP contribution in [-0.2, 0) is 42.6 Å². The molecule has 0 bridgehead atoms. The molecule has 0 heterocycles. The molecule has 0 aliphatic rings. The van der Waals surface area contributed by atoms with Crippen molar-refractivity contribution in [1.29, 1.82) is 0 Å².